The van der Waals surface area contributed by atoms with E-state index in [9.17, 15) is 9.59 Å². The predicted molar refractivity (Wildman–Crippen MR) is 104 cm³/mol. The summed E-state index contributed by atoms with van der Waals surface area (Å²) >= 11 is 6.07. The zero-order valence-electron chi connectivity index (χ0n) is 15.0. The molecule has 0 radical (unpaired) electrons. The molecule has 142 valence electrons. The highest BCUT2D eigenvalue weighted by atomic mass is 35.5. The number of nitrogens with one attached hydrogen (secondary N) is 2. The zero-order chi connectivity index (χ0) is 19.3. The molecule has 3 rings (SSSR count). The molecule has 0 atom stereocenters. The highest BCUT2D eigenvalue weighted by molar-refractivity contribution is 6.30. The van der Waals surface area contributed by atoms with Crippen LogP contribution >= 0.6 is 11.6 Å². The average Bonchev–Trinajstić information content (AvgIpc) is 3.44. The van der Waals surface area contributed by atoms with Gasteiger partial charge in [-0.15, -0.1) is 0 Å². The van der Waals surface area contributed by atoms with Gasteiger partial charge in [-0.3, -0.25) is 10.1 Å². The smallest absolute Gasteiger partial charge is 0.411 e. The summed E-state index contributed by atoms with van der Waals surface area (Å²) in [5.41, 5.74) is 1.52. The van der Waals surface area contributed by atoms with E-state index < -0.39 is 11.5 Å². The molecule has 2 aromatic rings. The van der Waals surface area contributed by atoms with Crippen molar-refractivity contribution in [2.24, 2.45) is 0 Å². The molecule has 1 fully saturated rings. The van der Waals surface area contributed by atoms with Crippen molar-refractivity contribution in [2.75, 3.05) is 31.0 Å². The molecular weight excluding hydrogens is 368 g/mol. The van der Waals surface area contributed by atoms with Crippen LogP contribution in [0.25, 0.3) is 0 Å². The molecule has 6 nitrogen and oxygen atoms in total. The Hall–Kier alpha value is -2.57. The van der Waals surface area contributed by atoms with E-state index in [4.69, 9.17) is 21.1 Å². The van der Waals surface area contributed by atoms with Gasteiger partial charge in [0.2, 0.25) is 5.91 Å². The fourth-order valence-corrected chi connectivity index (χ4v) is 3.05. The van der Waals surface area contributed by atoms with Gasteiger partial charge >= 0.3 is 6.09 Å². The maximum Gasteiger partial charge on any atom is 0.411 e. The molecule has 2 N–H and O–H groups in total. The number of hydrogen-bond acceptors (Lipinski definition) is 4. The van der Waals surface area contributed by atoms with E-state index in [1.807, 2.05) is 18.2 Å². The monoisotopic (exact) mass is 388 g/mol. The fourth-order valence-electron chi connectivity index (χ4n) is 2.86. The van der Waals surface area contributed by atoms with Crippen LogP contribution in [0.1, 0.15) is 18.4 Å². The predicted octanol–water partition coefficient (Wildman–Crippen LogP) is 4.21. The second-order valence-corrected chi connectivity index (χ2v) is 6.82. The molecule has 27 heavy (non-hydrogen) atoms. The second-order valence-electron chi connectivity index (χ2n) is 6.38. The summed E-state index contributed by atoms with van der Waals surface area (Å²) in [6, 6.07) is 14.3. The van der Waals surface area contributed by atoms with Crippen molar-refractivity contribution >= 4 is 35.0 Å². The minimum atomic E-state index is -0.576. The number of ether oxygens (including phenoxy) is 2. The Labute approximate surface area is 162 Å². The van der Waals surface area contributed by atoms with Gasteiger partial charge in [-0.1, -0.05) is 29.8 Å². The lowest BCUT2D eigenvalue weighted by Gasteiger charge is -2.16. The lowest BCUT2D eigenvalue weighted by molar-refractivity contribution is -0.118. The number of benzene rings is 2. The molecule has 0 saturated heterocycles. The lowest BCUT2D eigenvalue weighted by atomic mass is 9.95. The number of halogens is 1. The van der Waals surface area contributed by atoms with Crippen LogP contribution < -0.4 is 10.6 Å². The Morgan fingerprint density at radius 2 is 1.74 bits per heavy atom. The molecule has 7 heteroatoms. The van der Waals surface area contributed by atoms with Crippen molar-refractivity contribution < 1.29 is 19.1 Å². The molecule has 1 aliphatic carbocycles. The first-order valence-corrected chi connectivity index (χ1v) is 9.01. The number of anilines is 2. The normalized spacial score (nSPS) is 14.3. The molecule has 2 aromatic carbocycles. The van der Waals surface area contributed by atoms with E-state index in [-0.39, 0.29) is 12.5 Å². The van der Waals surface area contributed by atoms with Crippen LogP contribution in [0.2, 0.25) is 5.02 Å². The second kappa shape index (κ2) is 8.41. The van der Waals surface area contributed by atoms with Crippen LogP contribution in [0.3, 0.4) is 0 Å². The maximum atomic E-state index is 12.8. The minimum absolute atomic E-state index is 0.0791. The van der Waals surface area contributed by atoms with Crippen molar-refractivity contribution in [3.63, 3.8) is 0 Å². The highest BCUT2D eigenvalue weighted by Gasteiger charge is 2.51. The number of carbonyl (C=O) groups is 2. The molecule has 1 saturated carbocycles. The first-order valence-electron chi connectivity index (χ1n) is 8.64. The number of rotatable bonds is 7. The number of amides is 2. The third kappa shape index (κ3) is 4.78. The summed E-state index contributed by atoms with van der Waals surface area (Å²) in [6.07, 6.45) is 0.986. The first-order chi connectivity index (χ1) is 13.0. The Morgan fingerprint density at radius 1 is 1.04 bits per heavy atom. The van der Waals surface area contributed by atoms with Crippen LogP contribution in [0, 0.1) is 0 Å². The first kappa shape index (κ1) is 19.2. The van der Waals surface area contributed by atoms with Gasteiger partial charge in [-0.2, -0.15) is 0 Å². The van der Waals surface area contributed by atoms with Gasteiger partial charge in [0.15, 0.2) is 0 Å². The molecule has 0 aliphatic heterocycles. The minimum Gasteiger partial charge on any atom is -0.447 e. The van der Waals surface area contributed by atoms with Gasteiger partial charge < -0.3 is 14.8 Å². The Kier molecular flexibility index (Phi) is 5.98. The number of methoxy groups -OCH3 is 1. The van der Waals surface area contributed by atoms with Crippen molar-refractivity contribution in [1.29, 1.82) is 0 Å². The van der Waals surface area contributed by atoms with E-state index in [1.54, 1.807) is 30.3 Å². The van der Waals surface area contributed by atoms with E-state index in [0.717, 1.165) is 18.4 Å². The van der Waals surface area contributed by atoms with Crippen LogP contribution in [0.4, 0.5) is 16.2 Å². The standard InChI is InChI=1S/C20H21ClN2O4/c1-26-10-11-27-19(25)23-17-7-3-6-16(13-17)22-18(24)20(8-9-20)14-4-2-5-15(21)12-14/h2-7,12-13H,8-11H2,1H3,(H,22,24)(H,23,25). The average molecular weight is 389 g/mol. The van der Waals surface area contributed by atoms with Gasteiger partial charge in [-0.25, -0.2) is 4.79 Å². The molecule has 0 unspecified atom stereocenters. The van der Waals surface area contributed by atoms with Gasteiger partial charge in [0.1, 0.15) is 6.61 Å². The lowest BCUT2D eigenvalue weighted by Crippen LogP contribution is -2.27. The van der Waals surface area contributed by atoms with Crippen molar-refractivity contribution in [2.45, 2.75) is 18.3 Å². The third-order valence-corrected chi connectivity index (χ3v) is 4.68. The van der Waals surface area contributed by atoms with E-state index in [0.29, 0.717) is 23.0 Å². The largest absolute Gasteiger partial charge is 0.447 e. The van der Waals surface area contributed by atoms with E-state index in [1.165, 1.54) is 7.11 Å². The third-order valence-electron chi connectivity index (χ3n) is 4.45. The Balaban J connectivity index is 1.64. The highest BCUT2D eigenvalue weighted by Crippen LogP contribution is 2.49. The molecule has 0 spiro atoms. The molecule has 1 aliphatic rings. The Morgan fingerprint density at radius 3 is 2.41 bits per heavy atom. The molecular formula is C20H21ClN2O4. The molecule has 0 bridgehead atoms. The summed E-state index contributed by atoms with van der Waals surface area (Å²) in [7, 11) is 1.53. The van der Waals surface area contributed by atoms with Crippen LogP contribution in [0.15, 0.2) is 48.5 Å². The summed E-state index contributed by atoms with van der Waals surface area (Å²) < 4.78 is 9.79. The fraction of sp³-hybridized carbons (Fsp3) is 0.300. The van der Waals surface area contributed by atoms with Gasteiger partial charge in [0.05, 0.1) is 12.0 Å². The van der Waals surface area contributed by atoms with Crippen LogP contribution in [-0.4, -0.2) is 32.3 Å². The Bertz CT molecular complexity index is 836. The van der Waals surface area contributed by atoms with Crippen molar-refractivity contribution in [3.05, 3.63) is 59.1 Å². The van der Waals surface area contributed by atoms with Crippen molar-refractivity contribution in [1.82, 2.24) is 0 Å². The number of hydrogen-bond donors (Lipinski definition) is 2. The quantitative estimate of drug-likeness (QED) is 0.697. The SMILES string of the molecule is COCCOC(=O)Nc1cccc(NC(=O)C2(c3cccc(Cl)c3)CC2)c1. The van der Waals surface area contributed by atoms with E-state index >= 15 is 0 Å². The number of carbonyl (C=O) groups excluding carboxylic acids is 2. The van der Waals surface area contributed by atoms with Gasteiger partial charge in [0.25, 0.3) is 0 Å². The summed E-state index contributed by atoms with van der Waals surface area (Å²) in [6.45, 7) is 0.496. The molecule has 2 amide bonds. The summed E-state index contributed by atoms with van der Waals surface area (Å²) in [5.74, 6) is -0.0791. The van der Waals surface area contributed by atoms with E-state index in [2.05, 4.69) is 10.6 Å². The van der Waals surface area contributed by atoms with Crippen molar-refractivity contribution in [3.8, 4) is 0 Å². The topological polar surface area (TPSA) is 76.7 Å². The van der Waals surface area contributed by atoms with Gasteiger partial charge in [-0.05, 0) is 48.7 Å². The summed E-state index contributed by atoms with van der Waals surface area (Å²) in [5, 5.41) is 6.17. The van der Waals surface area contributed by atoms with Crippen LogP contribution in [-0.2, 0) is 19.7 Å². The summed E-state index contributed by atoms with van der Waals surface area (Å²) in [4.78, 5) is 24.6. The molecule has 0 aromatic heterocycles. The van der Waals surface area contributed by atoms with Crippen LogP contribution in [0.5, 0.6) is 0 Å². The molecule has 0 heterocycles. The zero-order valence-corrected chi connectivity index (χ0v) is 15.7. The maximum absolute atomic E-state index is 12.8. The van der Waals surface area contributed by atoms with Gasteiger partial charge in [0, 0.05) is 23.5 Å².